The lowest BCUT2D eigenvalue weighted by Crippen LogP contribution is -2.48. The Hall–Kier alpha value is -3.12. The van der Waals surface area contributed by atoms with Crippen LogP contribution in [0.3, 0.4) is 0 Å². The Morgan fingerprint density at radius 1 is 1.16 bits per heavy atom. The third-order valence-electron chi connectivity index (χ3n) is 6.34. The number of carbonyl (C=O) groups is 1. The van der Waals surface area contributed by atoms with Gasteiger partial charge in [0.2, 0.25) is 0 Å². The number of amides is 1. The lowest BCUT2D eigenvalue weighted by Gasteiger charge is -2.38. The average Bonchev–Trinajstić information content (AvgIpc) is 3.55. The highest BCUT2D eigenvalue weighted by Gasteiger charge is 2.36. The number of likely N-dealkylation sites (tertiary alicyclic amines) is 1. The first-order chi connectivity index (χ1) is 17.7. The van der Waals surface area contributed by atoms with Crippen LogP contribution in [0, 0.1) is 10.1 Å². The zero-order valence-corrected chi connectivity index (χ0v) is 22.5. The van der Waals surface area contributed by atoms with Crippen molar-refractivity contribution in [3.63, 3.8) is 0 Å². The second-order valence-corrected chi connectivity index (χ2v) is 11.3. The Morgan fingerprint density at radius 3 is 2.57 bits per heavy atom. The van der Waals surface area contributed by atoms with E-state index in [1.165, 1.54) is 12.1 Å². The molecule has 0 unspecified atom stereocenters. The van der Waals surface area contributed by atoms with Gasteiger partial charge in [-0.3, -0.25) is 14.9 Å². The van der Waals surface area contributed by atoms with Crippen molar-refractivity contribution in [1.29, 1.82) is 0 Å². The van der Waals surface area contributed by atoms with E-state index in [4.69, 9.17) is 11.6 Å². The molecule has 190 valence electrons. The van der Waals surface area contributed by atoms with Gasteiger partial charge < -0.3 is 10.0 Å². The summed E-state index contributed by atoms with van der Waals surface area (Å²) in [6.45, 7) is 0.792. The SMILES string of the molecule is O=C(c1cc(Br)cc([N+](=O)[O-])c1Cl)N1CCC(O)(Cn2cc(-c3ccc(-c4ccccc4)s3)nn2)CC1. The molecule has 0 radical (unpaired) electrons. The maximum Gasteiger partial charge on any atom is 0.289 e. The number of benzene rings is 2. The Labute approximate surface area is 229 Å². The summed E-state index contributed by atoms with van der Waals surface area (Å²) >= 11 is 11.0. The Balaban J connectivity index is 1.24. The van der Waals surface area contributed by atoms with Crippen molar-refractivity contribution in [1.82, 2.24) is 19.9 Å². The lowest BCUT2D eigenvalue weighted by atomic mass is 9.91. The first-order valence-corrected chi connectivity index (χ1v) is 13.4. The van der Waals surface area contributed by atoms with E-state index >= 15 is 0 Å². The fourth-order valence-electron chi connectivity index (χ4n) is 4.34. The standard InChI is InChI=1S/C25H21BrClN5O4S/c26-17-12-18(23(27)20(13-17)32(35)36)24(33)30-10-8-25(34,9-11-30)15-31-14-19(28-29-31)22-7-6-21(37-22)16-4-2-1-3-5-16/h1-7,12-14,34H,8-11,15H2. The summed E-state index contributed by atoms with van der Waals surface area (Å²) in [4.78, 5) is 27.4. The maximum atomic E-state index is 13.1. The van der Waals surface area contributed by atoms with Gasteiger partial charge >= 0.3 is 0 Å². The summed E-state index contributed by atoms with van der Waals surface area (Å²) in [7, 11) is 0. The van der Waals surface area contributed by atoms with Crippen LogP contribution in [0.4, 0.5) is 5.69 Å². The smallest absolute Gasteiger partial charge is 0.289 e. The summed E-state index contributed by atoms with van der Waals surface area (Å²) in [6.07, 6.45) is 2.45. The number of thiophene rings is 1. The topological polar surface area (TPSA) is 114 Å². The third kappa shape index (κ3) is 5.45. The summed E-state index contributed by atoms with van der Waals surface area (Å²) in [6, 6.07) is 16.9. The fraction of sp³-hybridized carbons (Fsp3) is 0.240. The number of nitro benzene ring substituents is 1. The molecule has 12 heteroatoms. The van der Waals surface area contributed by atoms with Crippen molar-refractivity contribution < 1.29 is 14.8 Å². The van der Waals surface area contributed by atoms with Crippen molar-refractivity contribution in [3.8, 4) is 21.0 Å². The largest absolute Gasteiger partial charge is 0.388 e. The Morgan fingerprint density at radius 2 is 1.86 bits per heavy atom. The molecule has 1 saturated heterocycles. The molecule has 2 aromatic carbocycles. The number of halogens is 2. The molecule has 1 N–H and O–H groups in total. The van der Waals surface area contributed by atoms with Gasteiger partial charge in [0.15, 0.2) is 0 Å². The summed E-state index contributed by atoms with van der Waals surface area (Å²) in [5, 5.41) is 30.8. The molecule has 5 rings (SSSR count). The summed E-state index contributed by atoms with van der Waals surface area (Å²) in [5.74, 6) is -0.411. The highest BCUT2D eigenvalue weighted by atomic mass is 79.9. The van der Waals surface area contributed by atoms with Crippen molar-refractivity contribution >= 4 is 50.5 Å². The predicted molar refractivity (Wildman–Crippen MR) is 145 cm³/mol. The van der Waals surface area contributed by atoms with Gasteiger partial charge in [0.1, 0.15) is 10.7 Å². The van der Waals surface area contributed by atoms with Crippen LogP contribution in [0.15, 0.2) is 65.3 Å². The van der Waals surface area contributed by atoms with Crippen LogP contribution < -0.4 is 0 Å². The lowest BCUT2D eigenvalue weighted by molar-refractivity contribution is -0.384. The minimum absolute atomic E-state index is 0.0555. The summed E-state index contributed by atoms with van der Waals surface area (Å²) in [5.41, 5.74) is 0.519. The van der Waals surface area contributed by atoms with Crippen molar-refractivity contribution in [2.24, 2.45) is 0 Å². The second kappa shape index (κ2) is 10.3. The number of carbonyl (C=O) groups excluding carboxylic acids is 1. The highest BCUT2D eigenvalue weighted by Crippen LogP contribution is 2.35. The van der Waals surface area contributed by atoms with Gasteiger partial charge in [-0.15, -0.1) is 16.4 Å². The first-order valence-electron chi connectivity index (χ1n) is 11.4. The van der Waals surface area contributed by atoms with Gasteiger partial charge in [-0.25, -0.2) is 4.68 Å². The van der Waals surface area contributed by atoms with Gasteiger partial charge in [0.25, 0.3) is 11.6 Å². The van der Waals surface area contributed by atoms with Crippen molar-refractivity contribution in [3.05, 3.63) is 86.0 Å². The van der Waals surface area contributed by atoms with Gasteiger partial charge in [0.05, 0.1) is 33.7 Å². The fourth-order valence-corrected chi connectivity index (χ4v) is 6.01. The molecule has 37 heavy (non-hydrogen) atoms. The van der Waals surface area contributed by atoms with Crippen LogP contribution in [-0.4, -0.2) is 54.5 Å². The van der Waals surface area contributed by atoms with E-state index in [0.29, 0.717) is 17.3 Å². The molecule has 9 nitrogen and oxygen atoms in total. The number of nitrogens with zero attached hydrogens (tertiary/aromatic N) is 5. The van der Waals surface area contributed by atoms with Crippen LogP contribution in [0.25, 0.3) is 21.0 Å². The normalized spacial score (nSPS) is 15.1. The second-order valence-electron chi connectivity index (χ2n) is 8.89. The predicted octanol–water partition coefficient (Wildman–Crippen LogP) is 5.67. The number of aromatic nitrogens is 3. The average molecular weight is 603 g/mol. The van der Waals surface area contributed by atoms with Gasteiger partial charge in [-0.05, 0) is 36.6 Å². The number of hydrogen-bond acceptors (Lipinski definition) is 7. The van der Waals surface area contributed by atoms with E-state index in [9.17, 15) is 20.0 Å². The van der Waals surface area contributed by atoms with Crippen LogP contribution >= 0.6 is 38.9 Å². The van der Waals surface area contributed by atoms with Crippen molar-refractivity contribution in [2.75, 3.05) is 13.1 Å². The molecule has 4 aromatic rings. The number of hydrogen-bond donors (Lipinski definition) is 1. The van der Waals surface area contributed by atoms with Crippen LogP contribution in [0.1, 0.15) is 23.2 Å². The number of aliphatic hydroxyl groups is 1. The Kier molecular flexibility index (Phi) is 7.13. The van der Waals surface area contributed by atoms with E-state index in [-0.39, 0.29) is 35.9 Å². The van der Waals surface area contributed by atoms with E-state index in [1.807, 2.05) is 30.5 Å². The monoisotopic (exact) mass is 601 g/mol. The van der Waals surface area contributed by atoms with E-state index < -0.39 is 16.4 Å². The zero-order valence-electron chi connectivity index (χ0n) is 19.4. The molecule has 1 aliphatic rings. The van der Waals surface area contributed by atoms with E-state index in [0.717, 1.165) is 21.0 Å². The molecule has 0 saturated carbocycles. The molecule has 0 aliphatic carbocycles. The molecule has 0 spiro atoms. The highest BCUT2D eigenvalue weighted by molar-refractivity contribution is 9.10. The van der Waals surface area contributed by atoms with Crippen LogP contribution in [0.2, 0.25) is 5.02 Å². The Bertz CT molecular complexity index is 1470. The molecule has 1 aliphatic heterocycles. The molecule has 1 amide bonds. The minimum Gasteiger partial charge on any atom is -0.388 e. The quantitative estimate of drug-likeness (QED) is 0.225. The molecule has 0 bridgehead atoms. The summed E-state index contributed by atoms with van der Waals surface area (Å²) < 4.78 is 2.02. The van der Waals surface area contributed by atoms with Crippen LogP contribution in [0.5, 0.6) is 0 Å². The third-order valence-corrected chi connectivity index (χ3v) is 8.35. The first kappa shape index (κ1) is 25.5. The van der Waals surface area contributed by atoms with E-state index in [2.05, 4.69) is 44.4 Å². The van der Waals surface area contributed by atoms with Gasteiger partial charge in [0, 0.05) is 28.5 Å². The van der Waals surface area contributed by atoms with Crippen LogP contribution in [-0.2, 0) is 6.54 Å². The number of piperidine rings is 1. The molecule has 2 aromatic heterocycles. The maximum absolute atomic E-state index is 13.1. The number of nitro groups is 1. The molecule has 0 atom stereocenters. The number of rotatable bonds is 6. The van der Waals surface area contributed by atoms with E-state index in [1.54, 1.807) is 20.9 Å². The van der Waals surface area contributed by atoms with Crippen molar-refractivity contribution in [2.45, 2.75) is 25.0 Å². The molecular formula is C25H21BrClN5O4S. The van der Waals surface area contributed by atoms with Gasteiger partial charge in [-0.2, -0.15) is 0 Å². The molecule has 1 fully saturated rings. The minimum atomic E-state index is -1.07. The van der Waals surface area contributed by atoms with Gasteiger partial charge in [-0.1, -0.05) is 63.1 Å². The molecular weight excluding hydrogens is 582 g/mol. The molecule has 3 heterocycles. The zero-order chi connectivity index (χ0) is 26.2.